The van der Waals surface area contributed by atoms with Gasteiger partial charge in [-0.1, -0.05) is 12.2 Å². The topological polar surface area (TPSA) is 43.4 Å². The summed E-state index contributed by atoms with van der Waals surface area (Å²) < 4.78 is 4.81. The van der Waals surface area contributed by atoms with Gasteiger partial charge < -0.3 is 4.74 Å². The standard InChI is InChI=1S/C9H11ClO3/c1-2-13-8(12)9(7(10)11)5-3-4-6-9/h3-4H,2,5-6H2,1H3. The van der Waals surface area contributed by atoms with E-state index in [1.807, 2.05) is 0 Å². The summed E-state index contributed by atoms with van der Waals surface area (Å²) in [7, 11) is 0. The number of carbonyl (C=O) groups excluding carboxylic acids is 2. The number of hydrogen-bond acceptors (Lipinski definition) is 3. The zero-order valence-electron chi connectivity index (χ0n) is 7.38. The van der Waals surface area contributed by atoms with Gasteiger partial charge >= 0.3 is 5.97 Å². The quantitative estimate of drug-likeness (QED) is 0.303. The minimum atomic E-state index is -1.14. The summed E-state index contributed by atoms with van der Waals surface area (Å²) in [6.45, 7) is 1.97. The van der Waals surface area contributed by atoms with Gasteiger partial charge in [0.2, 0.25) is 5.24 Å². The van der Waals surface area contributed by atoms with Crippen molar-refractivity contribution in [2.75, 3.05) is 6.61 Å². The molecule has 0 bridgehead atoms. The Labute approximate surface area is 81.7 Å². The maximum atomic E-state index is 11.4. The van der Waals surface area contributed by atoms with Crippen molar-refractivity contribution in [3.8, 4) is 0 Å². The molecule has 0 aromatic carbocycles. The Morgan fingerprint density at radius 2 is 2.00 bits per heavy atom. The second kappa shape index (κ2) is 3.92. The molecule has 4 heteroatoms. The van der Waals surface area contributed by atoms with Crippen LogP contribution in [0.4, 0.5) is 0 Å². The van der Waals surface area contributed by atoms with E-state index in [4.69, 9.17) is 16.3 Å². The summed E-state index contributed by atoms with van der Waals surface area (Å²) in [5.74, 6) is -0.514. The highest BCUT2D eigenvalue weighted by molar-refractivity contribution is 6.66. The monoisotopic (exact) mass is 202 g/mol. The highest BCUT2D eigenvalue weighted by Gasteiger charge is 2.46. The van der Waals surface area contributed by atoms with Crippen molar-refractivity contribution < 1.29 is 14.3 Å². The number of ether oxygens (including phenoxy) is 1. The Kier molecular flexibility index (Phi) is 3.09. The van der Waals surface area contributed by atoms with Crippen LogP contribution in [0.3, 0.4) is 0 Å². The molecule has 0 heterocycles. The molecule has 0 amide bonds. The van der Waals surface area contributed by atoms with E-state index in [9.17, 15) is 9.59 Å². The zero-order valence-corrected chi connectivity index (χ0v) is 8.13. The third-order valence-corrected chi connectivity index (χ3v) is 2.50. The molecule has 72 valence electrons. The molecule has 1 aliphatic carbocycles. The van der Waals surface area contributed by atoms with E-state index in [0.717, 1.165) is 0 Å². The van der Waals surface area contributed by atoms with Gasteiger partial charge in [0.15, 0.2) is 0 Å². The van der Waals surface area contributed by atoms with E-state index >= 15 is 0 Å². The smallest absolute Gasteiger partial charge is 0.321 e. The summed E-state index contributed by atoms with van der Waals surface area (Å²) >= 11 is 5.39. The van der Waals surface area contributed by atoms with Crippen molar-refractivity contribution >= 4 is 22.8 Å². The molecule has 0 saturated carbocycles. The first-order chi connectivity index (χ1) is 6.13. The lowest BCUT2D eigenvalue weighted by molar-refractivity contribution is -0.157. The fourth-order valence-electron chi connectivity index (χ4n) is 1.33. The molecular formula is C9H11ClO3. The van der Waals surface area contributed by atoms with Crippen molar-refractivity contribution in [1.82, 2.24) is 0 Å². The molecule has 0 aromatic heterocycles. The van der Waals surface area contributed by atoms with Gasteiger partial charge in [0.1, 0.15) is 5.41 Å². The lowest BCUT2D eigenvalue weighted by Crippen LogP contribution is -2.36. The Balaban J connectivity index is 2.80. The highest BCUT2D eigenvalue weighted by atomic mass is 35.5. The number of esters is 1. The Hall–Kier alpha value is -0.830. The molecule has 0 saturated heterocycles. The summed E-state index contributed by atoms with van der Waals surface area (Å²) in [6, 6.07) is 0. The average Bonchev–Trinajstić information content (AvgIpc) is 2.53. The van der Waals surface area contributed by atoms with Crippen molar-refractivity contribution in [2.45, 2.75) is 19.8 Å². The molecule has 3 nitrogen and oxygen atoms in total. The van der Waals surface area contributed by atoms with Crippen molar-refractivity contribution in [2.24, 2.45) is 5.41 Å². The van der Waals surface area contributed by atoms with E-state index in [1.54, 1.807) is 19.1 Å². The van der Waals surface area contributed by atoms with Crippen LogP contribution in [-0.2, 0) is 14.3 Å². The van der Waals surface area contributed by atoms with Crippen molar-refractivity contribution in [3.63, 3.8) is 0 Å². The highest BCUT2D eigenvalue weighted by Crippen LogP contribution is 2.36. The van der Waals surface area contributed by atoms with Crippen LogP contribution in [0.2, 0.25) is 0 Å². The zero-order chi connectivity index (χ0) is 9.90. The van der Waals surface area contributed by atoms with Gasteiger partial charge in [-0.25, -0.2) is 0 Å². The summed E-state index contributed by atoms with van der Waals surface area (Å²) in [4.78, 5) is 22.6. The van der Waals surface area contributed by atoms with Crippen LogP contribution in [-0.4, -0.2) is 17.8 Å². The molecule has 0 atom stereocenters. The van der Waals surface area contributed by atoms with Gasteiger partial charge in [-0.05, 0) is 31.4 Å². The SMILES string of the molecule is CCOC(=O)C1(C(=O)Cl)CC=CC1. The van der Waals surface area contributed by atoms with Gasteiger partial charge in [0, 0.05) is 0 Å². The minimum absolute atomic E-state index is 0.269. The number of allylic oxidation sites excluding steroid dienone is 2. The predicted molar refractivity (Wildman–Crippen MR) is 48.3 cm³/mol. The first-order valence-corrected chi connectivity index (χ1v) is 4.53. The molecule has 0 aliphatic heterocycles. The molecule has 0 spiro atoms. The van der Waals surface area contributed by atoms with Gasteiger partial charge in [0.05, 0.1) is 6.61 Å². The van der Waals surface area contributed by atoms with Crippen LogP contribution in [0.5, 0.6) is 0 Å². The molecule has 0 unspecified atom stereocenters. The summed E-state index contributed by atoms with van der Waals surface area (Å²) in [6.07, 6.45) is 4.26. The lowest BCUT2D eigenvalue weighted by atomic mass is 9.87. The minimum Gasteiger partial charge on any atom is -0.465 e. The van der Waals surface area contributed by atoms with Gasteiger partial charge in [-0.2, -0.15) is 0 Å². The van der Waals surface area contributed by atoms with Crippen LogP contribution in [0, 0.1) is 5.41 Å². The molecule has 0 radical (unpaired) electrons. The molecular weight excluding hydrogens is 192 g/mol. The van der Waals surface area contributed by atoms with Gasteiger partial charge in [0.25, 0.3) is 0 Å². The summed E-state index contributed by atoms with van der Waals surface area (Å²) in [5.41, 5.74) is -1.14. The van der Waals surface area contributed by atoms with Crippen molar-refractivity contribution in [3.05, 3.63) is 12.2 Å². The van der Waals surface area contributed by atoms with Gasteiger partial charge in [-0.3, -0.25) is 9.59 Å². The maximum Gasteiger partial charge on any atom is 0.321 e. The van der Waals surface area contributed by atoms with Crippen LogP contribution >= 0.6 is 11.6 Å². The van der Waals surface area contributed by atoms with Crippen LogP contribution in [0.1, 0.15) is 19.8 Å². The van der Waals surface area contributed by atoms with Crippen LogP contribution in [0.25, 0.3) is 0 Å². The van der Waals surface area contributed by atoms with Crippen LogP contribution in [0.15, 0.2) is 12.2 Å². The lowest BCUT2D eigenvalue weighted by Gasteiger charge is -2.21. The largest absolute Gasteiger partial charge is 0.465 e. The van der Waals surface area contributed by atoms with Crippen LogP contribution < -0.4 is 0 Å². The molecule has 0 N–H and O–H groups in total. The molecule has 0 fully saturated rings. The first-order valence-electron chi connectivity index (χ1n) is 4.15. The Bertz CT molecular complexity index is 250. The molecule has 0 aromatic rings. The first kappa shape index (κ1) is 10.3. The third-order valence-electron chi connectivity index (χ3n) is 2.14. The normalized spacial score (nSPS) is 18.6. The fraction of sp³-hybridized carbons (Fsp3) is 0.556. The van der Waals surface area contributed by atoms with E-state index in [-0.39, 0.29) is 6.61 Å². The number of rotatable bonds is 3. The average molecular weight is 203 g/mol. The molecule has 1 rings (SSSR count). The number of halogens is 1. The number of carbonyl (C=O) groups is 2. The fourth-order valence-corrected chi connectivity index (χ4v) is 1.56. The van der Waals surface area contributed by atoms with E-state index in [0.29, 0.717) is 12.8 Å². The maximum absolute atomic E-state index is 11.4. The van der Waals surface area contributed by atoms with E-state index in [2.05, 4.69) is 0 Å². The van der Waals surface area contributed by atoms with Gasteiger partial charge in [-0.15, -0.1) is 0 Å². The second-order valence-electron chi connectivity index (χ2n) is 2.96. The van der Waals surface area contributed by atoms with E-state index in [1.165, 1.54) is 0 Å². The third kappa shape index (κ3) is 1.75. The predicted octanol–water partition coefficient (Wildman–Crippen LogP) is 1.65. The Morgan fingerprint density at radius 1 is 1.46 bits per heavy atom. The van der Waals surface area contributed by atoms with Crippen molar-refractivity contribution in [1.29, 1.82) is 0 Å². The Morgan fingerprint density at radius 3 is 2.38 bits per heavy atom. The molecule has 1 aliphatic rings. The van der Waals surface area contributed by atoms with E-state index < -0.39 is 16.6 Å². The number of hydrogen-bond donors (Lipinski definition) is 0. The molecule has 13 heavy (non-hydrogen) atoms. The summed E-state index contributed by atoms with van der Waals surface area (Å²) in [5, 5.41) is -0.629. The second-order valence-corrected chi connectivity index (χ2v) is 3.30.